The SMILES string of the molecule is CN1CNc2ccc(Cl)cc2C12CNCN2. The average Bonchev–Trinajstić information content (AvgIpc) is 2.75. The number of hydrogen-bond donors (Lipinski definition) is 3. The van der Waals surface area contributed by atoms with Crippen LogP contribution in [0.4, 0.5) is 5.69 Å². The number of nitrogens with one attached hydrogen (secondary N) is 3. The van der Waals surface area contributed by atoms with Crippen molar-refractivity contribution >= 4 is 17.3 Å². The topological polar surface area (TPSA) is 39.3 Å². The molecule has 2 aliphatic rings. The Labute approximate surface area is 100.0 Å². The summed E-state index contributed by atoms with van der Waals surface area (Å²) in [7, 11) is 2.11. The van der Waals surface area contributed by atoms with Crippen LogP contribution in [-0.4, -0.2) is 31.8 Å². The summed E-state index contributed by atoms with van der Waals surface area (Å²) in [5, 5.41) is 11.0. The van der Waals surface area contributed by atoms with E-state index in [0.717, 1.165) is 24.9 Å². The monoisotopic (exact) mass is 238 g/mol. The average molecular weight is 239 g/mol. The molecule has 0 radical (unpaired) electrons. The molecule has 3 N–H and O–H groups in total. The van der Waals surface area contributed by atoms with E-state index in [-0.39, 0.29) is 5.66 Å². The molecule has 1 aromatic rings. The van der Waals surface area contributed by atoms with Gasteiger partial charge in [0, 0.05) is 29.5 Å². The number of nitrogens with zero attached hydrogens (tertiary/aromatic N) is 1. The van der Waals surface area contributed by atoms with Crippen molar-refractivity contribution in [1.29, 1.82) is 0 Å². The molecule has 5 heteroatoms. The molecule has 1 atom stereocenters. The van der Waals surface area contributed by atoms with Gasteiger partial charge in [-0.1, -0.05) is 11.6 Å². The maximum atomic E-state index is 6.09. The van der Waals surface area contributed by atoms with Gasteiger partial charge in [0.05, 0.1) is 6.67 Å². The molecule has 0 saturated carbocycles. The molecule has 0 bridgehead atoms. The lowest BCUT2D eigenvalue weighted by Crippen LogP contribution is -2.57. The van der Waals surface area contributed by atoms with Crippen molar-refractivity contribution in [2.45, 2.75) is 5.66 Å². The van der Waals surface area contributed by atoms with Crippen molar-refractivity contribution < 1.29 is 0 Å². The number of hydrogen-bond acceptors (Lipinski definition) is 4. The van der Waals surface area contributed by atoms with Gasteiger partial charge in [-0.3, -0.25) is 10.2 Å². The normalized spacial score (nSPS) is 29.1. The van der Waals surface area contributed by atoms with Gasteiger partial charge in [-0.15, -0.1) is 0 Å². The van der Waals surface area contributed by atoms with Crippen molar-refractivity contribution in [3.8, 4) is 0 Å². The zero-order valence-electron chi connectivity index (χ0n) is 9.18. The van der Waals surface area contributed by atoms with Crippen LogP contribution in [0.25, 0.3) is 0 Å². The van der Waals surface area contributed by atoms with E-state index in [4.69, 9.17) is 11.6 Å². The van der Waals surface area contributed by atoms with Gasteiger partial charge in [-0.25, -0.2) is 0 Å². The Morgan fingerprint density at radius 2 is 2.31 bits per heavy atom. The third-order valence-corrected chi connectivity index (χ3v) is 3.71. The molecule has 0 aliphatic carbocycles. The number of fused-ring (bicyclic) bond motifs is 2. The minimum Gasteiger partial charge on any atom is -0.372 e. The predicted octanol–water partition coefficient (Wildman–Crippen LogP) is 0.958. The molecule has 3 rings (SSSR count). The highest BCUT2D eigenvalue weighted by Gasteiger charge is 2.43. The fraction of sp³-hybridized carbons (Fsp3) is 0.455. The summed E-state index contributed by atoms with van der Waals surface area (Å²) < 4.78 is 0. The van der Waals surface area contributed by atoms with Crippen LogP contribution in [-0.2, 0) is 5.66 Å². The maximum absolute atomic E-state index is 6.09. The standard InChI is InChI=1S/C11H15ClN4/c1-16-7-14-10-3-2-8(12)4-9(10)11(16)5-13-6-15-11/h2-4,13-15H,5-7H2,1H3. The first-order valence-electron chi connectivity index (χ1n) is 5.43. The summed E-state index contributed by atoms with van der Waals surface area (Å²) in [5.41, 5.74) is 2.27. The van der Waals surface area contributed by atoms with Crippen LogP contribution in [0.1, 0.15) is 5.56 Å². The molecular formula is C11H15ClN4. The van der Waals surface area contributed by atoms with Crippen LogP contribution in [0.5, 0.6) is 0 Å². The van der Waals surface area contributed by atoms with Gasteiger partial charge in [0.2, 0.25) is 0 Å². The van der Waals surface area contributed by atoms with Crippen molar-refractivity contribution in [2.75, 3.05) is 32.2 Å². The molecule has 2 aliphatic heterocycles. The smallest absolute Gasteiger partial charge is 0.115 e. The van der Waals surface area contributed by atoms with E-state index in [0.29, 0.717) is 0 Å². The molecule has 86 valence electrons. The summed E-state index contributed by atoms with van der Waals surface area (Å²) >= 11 is 6.09. The van der Waals surface area contributed by atoms with E-state index in [1.54, 1.807) is 0 Å². The van der Waals surface area contributed by atoms with Crippen molar-refractivity contribution in [3.63, 3.8) is 0 Å². The Hall–Kier alpha value is -0.810. The van der Waals surface area contributed by atoms with Crippen molar-refractivity contribution in [3.05, 3.63) is 28.8 Å². The molecule has 1 aromatic carbocycles. The summed E-state index contributed by atoms with van der Waals surface area (Å²) in [6.07, 6.45) is 0. The second-order valence-electron chi connectivity index (χ2n) is 4.36. The van der Waals surface area contributed by atoms with E-state index in [2.05, 4.69) is 27.9 Å². The Kier molecular flexibility index (Phi) is 2.33. The second kappa shape index (κ2) is 3.60. The van der Waals surface area contributed by atoms with Crippen LogP contribution in [0.3, 0.4) is 0 Å². The van der Waals surface area contributed by atoms with E-state index < -0.39 is 0 Å². The number of rotatable bonds is 0. The van der Waals surface area contributed by atoms with Gasteiger partial charge < -0.3 is 10.6 Å². The van der Waals surface area contributed by atoms with Gasteiger partial charge in [-0.2, -0.15) is 0 Å². The molecule has 1 fully saturated rings. The van der Waals surface area contributed by atoms with Gasteiger partial charge >= 0.3 is 0 Å². The molecule has 4 nitrogen and oxygen atoms in total. The molecule has 0 aromatic heterocycles. The van der Waals surface area contributed by atoms with Crippen LogP contribution >= 0.6 is 11.6 Å². The highest BCUT2D eigenvalue weighted by molar-refractivity contribution is 6.30. The molecule has 1 saturated heterocycles. The first kappa shape index (κ1) is 10.4. The third kappa shape index (κ3) is 1.34. The lowest BCUT2D eigenvalue weighted by Gasteiger charge is -2.44. The van der Waals surface area contributed by atoms with Crippen LogP contribution in [0.2, 0.25) is 5.02 Å². The maximum Gasteiger partial charge on any atom is 0.115 e. The highest BCUT2D eigenvalue weighted by Crippen LogP contribution is 2.36. The highest BCUT2D eigenvalue weighted by atomic mass is 35.5. The molecule has 1 unspecified atom stereocenters. The zero-order chi connectivity index (χ0) is 11.2. The number of likely N-dealkylation sites (N-methyl/N-ethyl adjacent to an activating group) is 1. The minimum absolute atomic E-state index is 0.120. The van der Waals surface area contributed by atoms with Crippen LogP contribution in [0.15, 0.2) is 18.2 Å². The predicted molar refractivity (Wildman–Crippen MR) is 65.4 cm³/mol. The molecule has 0 amide bonds. The van der Waals surface area contributed by atoms with Gasteiger partial charge in [-0.05, 0) is 25.2 Å². The quantitative estimate of drug-likeness (QED) is 0.630. The third-order valence-electron chi connectivity index (χ3n) is 3.47. The minimum atomic E-state index is -0.120. The Morgan fingerprint density at radius 3 is 3.06 bits per heavy atom. The Bertz CT molecular complexity index is 414. The Balaban J connectivity index is 2.15. The summed E-state index contributed by atoms with van der Waals surface area (Å²) in [6.45, 7) is 2.57. The molecular weight excluding hydrogens is 224 g/mol. The summed E-state index contributed by atoms with van der Waals surface area (Å²) in [6, 6.07) is 6.01. The molecule has 16 heavy (non-hydrogen) atoms. The fourth-order valence-electron chi connectivity index (χ4n) is 2.53. The van der Waals surface area contributed by atoms with E-state index in [1.165, 1.54) is 11.3 Å². The first-order chi connectivity index (χ1) is 7.72. The van der Waals surface area contributed by atoms with E-state index in [1.807, 2.05) is 18.2 Å². The van der Waals surface area contributed by atoms with Crippen LogP contribution in [0, 0.1) is 0 Å². The number of halogens is 1. The van der Waals surface area contributed by atoms with Gasteiger partial charge in [0.25, 0.3) is 0 Å². The summed E-state index contributed by atoms with van der Waals surface area (Å²) in [5.74, 6) is 0. The van der Waals surface area contributed by atoms with Crippen LogP contribution < -0.4 is 16.0 Å². The molecule has 1 spiro atoms. The van der Waals surface area contributed by atoms with E-state index >= 15 is 0 Å². The van der Waals surface area contributed by atoms with Crippen molar-refractivity contribution in [2.24, 2.45) is 0 Å². The summed E-state index contributed by atoms with van der Waals surface area (Å²) in [4.78, 5) is 2.27. The lowest BCUT2D eigenvalue weighted by molar-refractivity contribution is 0.114. The second-order valence-corrected chi connectivity index (χ2v) is 4.80. The van der Waals surface area contributed by atoms with Crippen molar-refractivity contribution in [1.82, 2.24) is 15.5 Å². The molecule has 2 heterocycles. The lowest BCUT2D eigenvalue weighted by atomic mass is 9.95. The Morgan fingerprint density at radius 1 is 1.44 bits per heavy atom. The number of anilines is 1. The largest absolute Gasteiger partial charge is 0.372 e. The van der Waals surface area contributed by atoms with Gasteiger partial charge in [0.15, 0.2) is 0 Å². The fourth-order valence-corrected chi connectivity index (χ4v) is 2.70. The first-order valence-corrected chi connectivity index (χ1v) is 5.81. The van der Waals surface area contributed by atoms with Gasteiger partial charge in [0.1, 0.15) is 5.66 Å². The van der Waals surface area contributed by atoms with E-state index in [9.17, 15) is 0 Å². The number of benzene rings is 1. The zero-order valence-corrected chi connectivity index (χ0v) is 9.93.